The van der Waals surface area contributed by atoms with Crippen molar-refractivity contribution in [3.05, 3.63) is 81.8 Å². The van der Waals surface area contributed by atoms with Gasteiger partial charge in [0.25, 0.3) is 5.89 Å². The Labute approximate surface area is 271 Å². The first-order valence-corrected chi connectivity index (χ1v) is 16.2. The van der Waals surface area contributed by atoms with E-state index in [9.17, 15) is 30.8 Å². The average Bonchev–Trinajstić information content (AvgIpc) is 3.62. The highest BCUT2D eigenvalue weighted by atomic mass is 35.5. The number of rotatable bonds is 11. The molecule has 1 amide bonds. The standard InChI is InChI=1S/C30H26Cl2F4N4O5S/c1-3-46(42,43)20-7-4-18(5-8-20)40(16-30(34,35)36)15-25(41)37-17-12-22(31)26(23(32)13-17)29(10-11-29)28-38-27(45-39-28)21-9-6-19(44-2)14-24(21)33/h4-9,12-14H,3,10-11,15-16H2,1-2H3,(H,37,41). The van der Waals surface area contributed by atoms with Crippen molar-refractivity contribution in [2.45, 2.75) is 36.3 Å². The molecular weight excluding hydrogens is 675 g/mol. The number of alkyl halides is 3. The highest BCUT2D eigenvalue weighted by Crippen LogP contribution is 2.57. The van der Waals surface area contributed by atoms with Crippen LogP contribution in [0.1, 0.15) is 31.2 Å². The molecule has 0 bridgehead atoms. The van der Waals surface area contributed by atoms with Crippen LogP contribution in [-0.2, 0) is 20.0 Å². The highest BCUT2D eigenvalue weighted by molar-refractivity contribution is 7.91. The number of hydrogen-bond donors (Lipinski definition) is 1. The summed E-state index contributed by atoms with van der Waals surface area (Å²) in [6, 6.07) is 11.8. The molecule has 1 saturated carbocycles. The lowest BCUT2D eigenvalue weighted by molar-refractivity contribution is -0.122. The number of anilines is 2. The highest BCUT2D eigenvalue weighted by Gasteiger charge is 2.52. The molecule has 1 aromatic heterocycles. The molecule has 1 aliphatic rings. The van der Waals surface area contributed by atoms with E-state index in [1.807, 2.05) is 0 Å². The number of hydrogen-bond acceptors (Lipinski definition) is 8. The minimum atomic E-state index is -4.66. The van der Waals surface area contributed by atoms with Crippen LogP contribution in [0.5, 0.6) is 5.75 Å². The van der Waals surface area contributed by atoms with Crippen molar-refractivity contribution in [1.82, 2.24) is 10.1 Å². The maximum Gasteiger partial charge on any atom is 0.405 e. The van der Waals surface area contributed by atoms with Gasteiger partial charge in [-0.05, 0) is 61.4 Å². The van der Waals surface area contributed by atoms with Crippen LogP contribution in [0.4, 0.5) is 28.9 Å². The average molecular weight is 702 g/mol. The Kier molecular flexibility index (Phi) is 9.26. The summed E-state index contributed by atoms with van der Waals surface area (Å²) in [5.41, 5.74) is -0.171. The van der Waals surface area contributed by atoms with E-state index in [2.05, 4.69) is 15.5 Å². The van der Waals surface area contributed by atoms with Crippen molar-refractivity contribution in [1.29, 1.82) is 0 Å². The number of nitrogens with one attached hydrogen (secondary N) is 1. The molecule has 0 saturated heterocycles. The second-order valence-corrected chi connectivity index (χ2v) is 13.7. The fraction of sp³-hybridized carbons (Fsp3) is 0.300. The van der Waals surface area contributed by atoms with Crippen LogP contribution in [-0.4, -0.2) is 56.6 Å². The van der Waals surface area contributed by atoms with E-state index in [0.717, 1.165) is 4.90 Å². The van der Waals surface area contributed by atoms with Crippen molar-refractivity contribution in [2.75, 3.05) is 36.2 Å². The molecule has 0 spiro atoms. The lowest BCUT2D eigenvalue weighted by Crippen LogP contribution is -2.39. The van der Waals surface area contributed by atoms with Crippen molar-refractivity contribution in [2.24, 2.45) is 0 Å². The number of halogens is 6. The Morgan fingerprint density at radius 3 is 2.28 bits per heavy atom. The number of amides is 1. The smallest absolute Gasteiger partial charge is 0.405 e. The van der Waals surface area contributed by atoms with Crippen LogP contribution >= 0.6 is 23.2 Å². The second kappa shape index (κ2) is 12.7. The van der Waals surface area contributed by atoms with Gasteiger partial charge < -0.3 is 19.5 Å². The summed E-state index contributed by atoms with van der Waals surface area (Å²) in [7, 11) is -2.16. The van der Waals surface area contributed by atoms with Crippen LogP contribution in [0.25, 0.3) is 11.5 Å². The van der Waals surface area contributed by atoms with Crippen LogP contribution in [0.15, 0.2) is 64.0 Å². The summed E-state index contributed by atoms with van der Waals surface area (Å²) in [5.74, 6) is -1.10. The topological polar surface area (TPSA) is 115 Å². The monoisotopic (exact) mass is 700 g/mol. The van der Waals surface area contributed by atoms with Gasteiger partial charge in [-0.25, -0.2) is 12.8 Å². The maximum absolute atomic E-state index is 14.6. The van der Waals surface area contributed by atoms with Gasteiger partial charge in [0.05, 0.1) is 35.3 Å². The van der Waals surface area contributed by atoms with Crippen LogP contribution in [0.3, 0.4) is 0 Å². The first-order chi connectivity index (χ1) is 21.7. The van der Waals surface area contributed by atoms with Gasteiger partial charge in [0, 0.05) is 33.0 Å². The third-order valence-corrected chi connectivity index (χ3v) is 9.81. The Bertz CT molecular complexity index is 1860. The number of methoxy groups -OCH3 is 1. The molecule has 1 fully saturated rings. The number of aromatic nitrogens is 2. The summed E-state index contributed by atoms with van der Waals surface area (Å²) < 4.78 is 89.4. The van der Waals surface area contributed by atoms with Gasteiger partial charge in [-0.3, -0.25) is 4.79 Å². The summed E-state index contributed by atoms with van der Waals surface area (Å²) in [6.45, 7) is -0.726. The number of ether oxygens (including phenoxy) is 1. The molecular formula is C30H26Cl2F4N4O5S. The molecule has 1 N–H and O–H groups in total. The summed E-state index contributed by atoms with van der Waals surface area (Å²) in [6.07, 6.45) is -3.56. The zero-order chi connectivity index (χ0) is 33.4. The molecule has 0 aliphatic heterocycles. The Hall–Kier alpha value is -3.88. The van der Waals surface area contributed by atoms with Crippen molar-refractivity contribution < 1.29 is 40.0 Å². The van der Waals surface area contributed by atoms with E-state index in [1.54, 1.807) is 6.07 Å². The van der Waals surface area contributed by atoms with Gasteiger partial charge in [0.2, 0.25) is 5.91 Å². The molecule has 9 nitrogen and oxygen atoms in total. The van der Waals surface area contributed by atoms with Gasteiger partial charge in [-0.2, -0.15) is 18.2 Å². The fourth-order valence-electron chi connectivity index (χ4n) is 5.00. The normalized spacial score (nSPS) is 14.2. The largest absolute Gasteiger partial charge is 0.497 e. The summed E-state index contributed by atoms with van der Waals surface area (Å²) in [4.78, 5) is 18.1. The number of nitrogens with zero attached hydrogens (tertiary/aromatic N) is 3. The maximum atomic E-state index is 14.6. The first-order valence-electron chi connectivity index (χ1n) is 13.8. The molecule has 0 radical (unpaired) electrons. The third kappa shape index (κ3) is 7.08. The van der Waals surface area contributed by atoms with E-state index in [4.69, 9.17) is 32.5 Å². The Balaban J connectivity index is 1.34. The lowest BCUT2D eigenvalue weighted by Gasteiger charge is -2.26. The lowest BCUT2D eigenvalue weighted by atomic mass is 9.94. The van der Waals surface area contributed by atoms with Gasteiger partial charge in [0.15, 0.2) is 15.7 Å². The molecule has 244 valence electrons. The zero-order valence-electron chi connectivity index (χ0n) is 24.3. The molecule has 0 unspecified atom stereocenters. The quantitative estimate of drug-likeness (QED) is 0.165. The number of benzene rings is 3. The molecule has 3 aromatic carbocycles. The minimum absolute atomic E-state index is 0.00128. The third-order valence-electron chi connectivity index (χ3n) is 7.46. The predicted molar refractivity (Wildman–Crippen MR) is 164 cm³/mol. The molecule has 46 heavy (non-hydrogen) atoms. The minimum Gasteiger partial charge on any atom is -0.497 e. The van der Waals surface area contributed by atoms with Gasteiger partial charge in [-0.1, -0.05) is 35.3 Å². The SMILES string of the molecule is CCS(=O)(=O)c1ccc(N(CC(=O)Nc2cc(Cl)c(C3(c4noc(-c5ccc(OC)cc5F)n4)CC3)c(Cl)c2)CC(F)(F)F)cc1. The second-order valence-electron chi connectivity index (χ2n) is 10.6. The summed E-state index contributed by atoms with van der Waals surface area (Å²) in [5, 5.41) is 6.85. The molecule has 1 aliphatic carbocycles. The number of carbonyl (C=O) groups is 1. The van der Waals surface area contributed by atoms with Crippen LogP contribution < -0.4 is 15.0 Å². The van der Waals surface area contributed by atoms with Crippen molar-refractivity contribution in [3.63, 3.8) is 0 Å². The van der Waals surface area contributed by atoms with Crippen LogP contribution in [0, 0.1) is 5.82 Å². The fourth-order valence-corrected chi connectivity index (χ4v) is 6.73. The number of sulfone groups is 1. The molecule has 4 aromatic rings. The van der Waals surface area contributed by atoms with E-state index in [-0.39, 0.29) is 49.3 Å². The summed E-state index contributed by atoms with van der Waals surface area (Å²) >= 11 is 13.2. The van der Waals surface area contributed by atoms with E-state index in [1.165, 1.54) is 62.6 Å². The van der Waals surface area contributed by atoms with Crippen LogP contribution in [0.2, 0.25) is 10.0 Å². The van der Waals surface area contributed by atoms with Crippen molar-refractivity contribution in [3.8, 4) is 17.2 Å². The molecule has 0 atom stereocenters. The predicted octanol–water partition coefficient (Wildman–Crippen LogP) is 7.07. The van der Waals surface area contributed by atoms with E-state index < -0.39 is 46.2 Å². The van der Waals surface area contributed by atoms with Gasteiger partial charge >= 0.3 is 6.18 Å². The van der Waals surface area contributed by atoms with Gasteiger partial charge in [0.1, 0.15) is 18.1 Å². The Morgan fingerprint density at radius 1 is 1.09 bits per heavy atom. The first kappa shape index (κ1) is 33.5. The van der Waals surface area contributed by atoms with Gasteiger partial charge in [-0.15, -0.1) is 0 Å². The number of carbonyl (C=O) groups excluding carboxylic acids is 1. The Morgan fingerprint density at radius 2 is 1.74 bits per heavy atom. The zero-order valence-corrected chi connectivity index (χ0v) is 26.6. The van der Waals surface area contributed by atoms with E-state index in [0.29, 0.717) is 24.2 Å². The van der Waals surface area contributed by atoms with Crippen molar-refractivity contribution >= 4 is 50.3 Å². The molecule has 5 rings (SSSR count). The molecule has 1 heterocycles. The van der Waals surface area contributed by atoms with E-state index >= 15 is 0 Å². The molecule has 16 heteroatoms.